The van der Waals surface area contributed by atoms with Gasteiger partial charge in [-0.1, -0.05) is 42.5 Å². The number of amides is 4. The zero-order chi connectivity index (χ0) is 21.8. The van der Waals surface area contributed by atoms with Crippen molar-refractivity contribution in [2.45, 2.75) is 38.1 Å². The Morgan fingerprint density at radius 3 is 2.45 bits per heavy atom. The quantitative estimate of drug-likeness (QED) is 0.674. The van der Waals surface area contributed by atoms with Gasteiger partial charge in [0.1, 0.15) is 12.1 Å². The number of nitrogens with zero attached hydrogens (tertiary/aromatic N) is 2. The highest BCUT2D eigenvalue weighted by Gasteiger charge is 2.47. The molecule has 0 bridgehead atoms. The largest absolute Gasteiger partial charge is 0.370 e. The molecule has 0 aromatic heterocycles. The normalized spacial score (nSPS) is 20.8. The number of nitrogens with one attached hydrogen (secondary N) is 2. The van der Waals surface area contributed by atoms with Gasteiger partial charge in [-0.3, -0.25) is 14.5 Å². The van der Waals surface area contributed by atoms with Gasteiger partial charge in [-0.25, -0.2) is 4.79 Å². The molecule has 4 rings (SSSR count). The van der Waals surface area contributed by atoms with E-state index in [1.54, 1.807) is 6.92 Å². The average Bonchev–Trinajstić information content (AvgIpc) is 3.37. The lowest BCUT2D eigenvalue weighted by Crippen LogP contribution is -2.45. The smallest absolute Gasteiger partial charge is 0.325 e. The Morgan fingerprint density at radius 2 is 1.71 bits per heavy atom. The second kappa shape index (κ2) is 8.79. The highest BCUT2D eigenvalue weighted by molar-refractivity contribution is 6.10. The molecule has 4 amide bonds. The number of aryl methyl sites for hydroxylation is 1. The van der Waals surface area contributed by atoms with Crippen molar-refractivity contribution in [3.8, 4) is 0 Å². The number of hydrogen-bond donors (Lipinski definition) is 2. The van der Waals surface area contributed by atoms with Gasteiger partial charge in [0.15, 0.2) is 0 Å². The van der Waals surface area contributed by atoms with E-state index in [1.165, 1.54) is 0 Å². The molecule has 2 aliphatic rings. The summed E-state index contributed by atoms with van der Waals surface area (Å²) in [4.78, 5) is 41.4. The molecule has 2 N–H and O–H groups in total. The van der Waals surface area contributed by atoms with E-state index in [4.69, 9.17) is 0 Å². The number of carbonyl (C=O) groups excluding carboxylic acids is 3. The zero-order valence-corrected chi connectivity index (χ0v) is 17.8. The van der Waals surface area contributed by atoms with Gasteiger partial charge in [0, 0.05) is 13.1 Å². The molecule has 0 spiro atoms. The summed E-state index contributed by atoms with van der Waals surface area (Å²) >= 11 is 0. The molecule has 2 saturated heterocycles. The minimum atomic E-state index is -1.01. The van der Waals surface area contributed by atoms with E-state index in [9.17, 15) is 14.4 Å². The van der Waals surface area contributed by atoms with E-state index >= 15 is 0 Å². The van der Waals surface area contributed by atoms with E-state index in [0.29, 0.717) is 18.5 Å². The molecule has 2 heterocycles. The van der Waals surface area contributed by atoms with Crippen LogP contribution >= 0.6 is 0 Å². The van der Waals surface area contributed by atoms with Crippen LogP contribution in [-0.4, -0.2) is 47.9 Å². The first-order chi connectivity index (χ1) is 15.0. The van der Waals surface area contributed by atoms with Gasteiger partial charge in [-0.2, -0.15) is 0 Å². The Kier molecular flexibility index (Phi) is 5.93. The predicted molar refractivity (Wildman–Crippen MR) is 120 cm³/mol. The van der Waals surface area contributed by atoms with Gasteiger partial charge < -0.3 is 15.5 Å². The van der Waals surface area contributed by atoms with Crippen LogP contribution in [0.25, 0.3) is 0 Å². The molecular formula is C24H28N4O3. The molecule has 162 valence electrons. The summed E-state index contributed by atoms with van der Waals surface area (Å²) in [5, 5.41) is 5.66. The first-order valence-electron chi connectivity index (χ1n) is 10.8. The minimum absolute atomic E-state index is 0.306. The first kappa shape index (κ1) is 20.9. The zero-order valence-electron chi connectivity index (χ0n) is 17.8. The predicted octanol–water partition coefficient (Wildman–Crippen LogP) is 3.17. The van der Waals surface area contributed by atoms with Crippen LogP contribution in [0.4, 0.5) is 16.2 Å². The van der Waals surface area contributed by atoms with E-state index < -0.39 is 11.6 Å². The number of para-hydroxylation sites is 2. The van der Waals surface area contributed by atoms with Gasteiger partial charge in [-0.05, 0) is 50.3 Å². The summed E-state index contributed by atoms with van der Waals surface area (Å²) in [7, 11) is 0. The number of carbonyl (C=O) groups is 3. The maximum Gasteiger partial charge on any atom is 0.325 e. The molecule has 2 aliphatic heterocycles. The number of benzene rings is 2. The Hall–Kier alpha value is -3.35. The lowest BCUT2D eigenvalue weighted by Gasteiger charge is -2.23. The van der Waals surface area contributed by atoms with E-state index in [-0.39, 0.29) is 18.4 Å². The van der Waals surface area contributed by atoms with Crippen LogP contribution in [0.5, 0.6) is 0 Å². The Bertz CT molecular complexity index is 972. The Balaban J connectivity index is 1.39. The number of imide groups is 1. The highest BCUT2D eigenvalue weighted by atomic mass is 16.2. The van der Waals surface area contributed by atoms with E-state index in [2.05, 4.69) is 15.5 Å². The van der Waals surface area contributed by atoms with Crippen LogP contribution in [0.1, 0.15) is 31.7 Å². The molecule has 2 aromatic rings. The fourth-order valence-electron chi connectivity index (χ4n) is 4.25. The topological polar surface area (TPSA) is 81.8 Å². The van der Waals surface area contributed by atoms with Crippen molar-refractivity contribution < 1.29 is 14.4 Å². The molecule has 0 saturated carbocycles. The van der Waals surface area contributed by atoms with Gasteiger partial charge in [0.05, 0.1) is 11.4 Å². The van der Waals surface area contributed by atoms with Gasteiger partial charge in [0.25, 0.3) is 5.91 Å². The third kappa shape index (κ3) is 4.55. The summed E-state index contributed by atoms with van der Waals surface area (Å²) in [6, 6.07) is 16.9. The van der Waals surface area contributed by atoms with Gasteiger partial charge in [0.2, 0.25) is 5.91 Å². The summed E-state index contributed by atoms with van der Waals surface area (Å²) in [6.07, 6.45) is 3.39. The molecule has 31 heavy (non-hydrogen) atoms. The van der Waals surface area contributed by atoms with Crippen molar-refractivity contribution in [1.29, 1.82) is 0 Å². The second-order valence-electron chi connectivity index (χ2n) is 8.40. The third-order valence-corrected chi connectivity index (χ3v) is 6.03. The number of anilines is 2. The third-order valence-electron chi connectivity index (χ3n) is 6.03. The fraction of sp³-hybridized carbons (Fsp3) is 0.375. The monoisotopic (exact) mass is 420 g/mol. The number of urea groups is 1. The van der Waals surface area contributed by atoms with Crippen LogP contribution in [-0.2, 0) is 16.0 Å². The van der Waals surface area contributed by atoms with Gasteiger partial charge in [-0.15, -0.1) is 0 Å². The van der Waals surface area contributed by atoms with Crippen molar-refractivity contribution in [1.82, 2.24) is 10.2 Å². The van der Waals surface area contributed by atoms with Crippen molar-refractivity contribution >= 4 is 29.2 Å². The first-order valence-corrected chi connectivity index (χ1v) is 10.8. The van der Waals surface area contributed by atoms with Crippen molar-refractivity contribution in [3.05, 3.63) is 60.2 Å². The molecule has 1 unspecified atom stereocenters. The number of rotatable bonds is 7. The molecule has 7 heteroatoms. The molecule has 1 atom stereocenters. The van der Waals surface area contributed by atoms with Crippen molar-refractivity contribution in [2.24, 2.45) is 0 Å². The van der Waals surface area contributed by atoms with E-state index in [1.807, 2.05) is 54.6 Å². The Morgan fingerprint density at radius 1 is 1.03 bits per heavy atom. The number of hydrogen-bond acceptors (Lipinski definition) is 4. The van der Waals surface area contributed by atoms with E-state index in [0.717, 1.165) is 42.1 Å². The SMILES string of the molecule is CC1(CCc2ccccc2)NC(=O)N(CC(=O)Nc2ccccc2N2CCCC2)C1=O. The lowest BCUT2D eigenvalue weighted by molar-refractivity contribution is -0.133. The highest BCUT2D eigenvalue weighted by Crippen LogP contribution is 2.29. The minimum Gasteiger partial charge on any atom is -0.370 e. The molecule has 2 fully saturated rings. The average molecular weight is 421 g/mol. The molecule has 0 aliphatic carbocycles. The van der Waals surface area contributed by atoms with Crippen LogP contribution in [0.15, 0.2) is 54.6 Å². The maximum absolute atomic E-state index is 13.0. The Labute approximate surface area is 182 Å². The fourth-order valence-corrected chi connectivity index (χ4v) is 4.25. The lowest BCUT2D eigenvalue weighted by atomic mass is 9.93. The molecule has 7 nitrogen and oxygen atoms in total. The standard InChI is InChI=1S/C24H28N4O3/c1-24(14-13-18-9-3-2-4-10-18)22(30)28(23(31)26-24)17-21(29)25-19-11-5-6-12-20(19)27-15-7-8-16-27/h2-6,9-12H,7-8,13-17H2,1H3,(H,25,29)(H,26,31). The van der Waals surface area contributed by atoms with Crippen molar-refractivity contribution in [2.75, 3.05) is 29.9 Å². The summed E-state index contributed by atoms with van der Waals surface area (Å²) in [6.45, 7) is 3.33. The molecular weight excluding hydrogens is 392 g/mol. The van der Waals surface area contributed by atoms with Crippen LogP contribution in [0, 0.1) is 0 Å². The molecule has 2 aromatic carbocycles. The molecule has 0 radical (unpaired) electrons. The van der Waals surface area contributed by atoms with Crippen molar-refractivity contribution in [3.63, 3.8) is 0 Å². The maximum atomic E-state index is 13.0. The second-order valence-corrected chi connectivity index (χ2v) is 8.40. The summed E-state index contributed by atoms with van der Waals surface area (Å²) in [5.41, 5.74) is 1.76. The summed E-state index contributed by atoms with van der Waals surface area (Å²) < 4.78 is 0. The van der Waals surface area contributed by atoms with Crippen LogP contribution in [0.2, 0.25) is 0 Å². The van der Waals surface area contributed by atoms with Crippen LogP contribution in [0.3, 0.4) is 0 Å². The van der Waals surface area contributed by atoms with Crippen LogP contribution < -0.4 is 15.5 Å². The van der Waals surface area contributed by atoms with Gasteiger partial charge >= 0.3 is 6.03 Å². The summed E-state index contributed by atoms with van der Waals surface area (Å²) in [5.74, 6) is -0.751.